The summed E-state index contributed by atoms with van der Waals surface area (Å²) in [6, 6.07) is 16.9. The summed E-state index contributed by atoms with van der Waals surface area (Å²) in [5, 5.41) is 6.08. The number of amides is 1. The number of benzene rings is 3. The van der Waals surface area contributed by atoms with Crippen LogP contribution in [0, 0.1) is 19.7 Å². The molecule has 1 amide bonds. The lowest BCUT2D eigenvalue weighted by atomic mass is 10.1. The van der Waals surface area contributed by atoms with Crippen LogP contribution in [0.15, 0.2) is 60.7 Å². The van der Waals surface area contributed by atoms with E-state index in [0.29, 0.717) is 22.7 Å². The van der Waals surface area contributed by atoms with Crippen molar-refractivity contribution in [1.82, 2.24) is 0 Å². The highest BCUT2D eigenvalue weighted by Gasteiger charge is 2.11. The number of methoxy groups -OCH3 is 1. The van der Waals surface area contributed by atoms with E-state index in [2.05, 4.69) is 16.7 Å². The first-order valence-electron chi connectivity index (χ1n) is 8.55. The van der Waals surface area contributed by atoms with Gasteiger partial charge in [0.15, 0.2) is 0 Å². The fourth-order valence-corrected chi connectivity index (χ4v) is 2.89. The number of aryl methyl sites for hydroxylation is 2. The molecule has 5 heteroatoms. The van der Waals surface area contributed by atoms with Gasteiger partial charge < -0.3 is 15.4 Å². The molecule has 3 aromatic carbocycles. The number of nitrogens with one attached hydrogen (secondary N) is 2. The highest BCUT2D eigenvalue weighted by molar-refractivity contribution is 6.05. The minimum atomic E-state index is -0.350. The van der Waals surface area contributed by atoms with E-state index in [9.17, 15) is 9.18 Å². The highest BCUT2D eigenvalue weighted by Crippen LogP contribution is 2.30. The van der Waals surface area contributed by atoms with Gasteiger partial charge in [-0.25, -0.2) is 4.39 Å². The van der Waals surface area contributed by atoms with Crippen LogP contribution in [0.4, 0.5) is 21.5 Å². The zero-order valence-corrected chi connectivity index (χ0v) is 15.5. The molecule has 0 fully saturated rings. The van der Waals surface area contributed by atoms with Gasteiger partial charge in [0.25, 0.3) is 5.91 Å². The fourth-order valence-electron chi connectivity index (χ4n) is 2.89. The number of halogens is 1. The zero-order valence-electron chi connectivity index (χ0n) is 15.5. The van der Waals surface area contributed by atoms with Crippen LogP contribution in [0.2, 0.25) is 0 Å². The SMILES string of the molecule is COc1ccc(C(=O)Nc2ccc(F)cc2)cc1Nc1cc(C)cc(C)c1. The van der Waals surface area contributed by atoms with Crippen molar-refractivity contribution in [3.8, 4) is 5.75 Å². The summed E-state index contributed by atoms with van der Waals surface area (Å²) in [4.78, 5) is 12.5. The van der Waals surface area contributed by atoms with E-state index in [1.807, 2.05) is 26.0 Å². The molecule has 0 atom stereocenters. The predicted molar refractivity (Wildman–Crippen MR) is 107 cm³/mol. The fraction of sp³-hybridized carbons (Fsp3) is 0.136. The molecule has 0 radical (unpaired) electrons. The third-order valence-electron chi connectivity index (χ3n) is 4.06. The molecule has 2 N–H and O–H groups in total. The van der Waals surface area contributed by atoms with Crippen LogP contribution in [0.3, 0.4) is 0 Å². The number of hydrogen-bond donors (Lipinski definition) is 2. The number of carbonyl (C=O) groups excluding carboxylic acids is 1. The first kappa shape index (κ1) is 18.5. The summed E-state index contributed by atoms with van der Waals surface area (Å²) < 4.78 is 18.4. The Morgan fingerprint density at radius 2 is 1.56 bits per heavy atom. The van der Waals surface area contributed by atoms with Crippen LogP contribution >= 0.6 is 0 Å². The molecule has 0 aromatic heterocycles. The Bertz CT molecular complexity index is 948. The van der Waals surface area contributed by atoms with Crippen molar-refractivity contribution in [2.75, 3.05) is 17.7 Å². The smallest absolute Gasteiger partial charge is 0.255 e. The van der Waals surface area contributed by atoms with Gasteiger partial charge in [-0.3, -0.25) is 4.79 Å². The van der Waals surface area contributed by atoms with Crippen LogP contribution < -0.4 is 15.4 Å². The van der Waals surface area contributed by atoms with Crippen LogP contribution in [-0.2, 0) is 0 Å². The van der Waals surface area contributed by atoms with Gasteiger partial charge in [-0.1, -0.05) is 6.07 Å². The summed E-state index contributed by atoms with van der Waals surface area (Å²) in [5.41, 5.74) is 4.88. The minimum absolute atomic E-state index is 0.285. The lowest BCUT2D eigenvalue weighted by Crippen LogP contribution is -2.12. The highest BCUT2D eigenvalue weighted by atomic mass is 19.1. The van der Waals surface area contributed by atoms with E-state index < -0.39 is 0 Å². The Morgan fingerprint density at radius 1 is 0.889 bits per heavy atom. The number of anilines is 3. The van der Waals surface area contributed by atoms with E-state index in [1.54, 1.807) is 25.3 Å². The van der Waals surface area contributed by atoms with Crippen molar-refractivity contribution in [3.63, 3.8) is 0 Å². The summed E-state index contributed by atoms with van der Waals surface area (Å²) in [6.45, 7) is 4.06. The van der Waals surface area contributed by atoms with E-state index in [4.69, 9.17) is 4.74 Å². The molecule has 3 aromatic rings. The van der Waals surface area contributed by atoms with Crippen LogP contribution in [0.1, 0.15) is 21.5 Å². The molecule has 0 aliphatic carbocycles. The van der Waals surface area contributed by atoms with Crippen molar-refractivity contribution < 1.29 is 13.9 Å². The summed E-state index contributed by atoms with van der Waals surface area (Å²) in [6.07, 6.45) is 0. The molecular weight excluding hydrogens is 343 g/mol. The second-order valence-corrected chi connectivity index (χ2v) is 6.38. The van der Waals surface area contributed by atoms with Gasteiger partial charge in [0, 0.05) is 16.9 Å². The molecule has 138 valence electrons. The first-order chi connectivity index (χ1) is 12.9. The molecular formula is C22H21FN2O2. The van der Waals surface area contributed by atoms with Gasteiger partial charge in [0.1, 0.15) is 11.6 Å². The Kier molecular flexibility index (Phi) is 5.41. The lowest BCUT2D eigenvalue weighted by molar-refractivity contribution is 0.102. The van der Waals surface area contributed by atoms with Crippen molar-refractivity contribution in [2.24, 2.45) is 0 Å². The van der Waals surface area contributed by atoms with Crippen LogP contribution in [0.5, 0.6) is 5.75 Å². The second-order valence-electron chi connectivity index (χ2n) is 6.38. The maximum absolute atomic E-state index is 13.0. The van der Waals surface area contributed by atoms with Crippen molar-refractivity contribution in [3.05, 3.63) is 83.2 Å². The number of rotatable bonds is 5. The Hall–Kier alpha value is -3.34. The minimum Gasteiger partial charge on any atom is -0.495 e. The molecule has 0 aliphatic heterocycles. The Balaban J connectivity index is 1.86. The molecule has 0 saturated heterocycles. The van der Waals surface area contributed by atoms with Crippen molar-refractivity contribution in [1.29, 1.82) is 0 Å². The largest absolute Gasteiger partial charge is 0.495 e. The predicted octanol–water partition coefficient (Wildman–Crippen LogP) is 5.45. The van der Waals surface area contributed by atoms with E-state index in [-0.39, 0.29) is 11.7 Å². The quantitative estimate of drug-likeness (QED) is 0.633. The molecule has 0 heterocycles. The average molecular weight is 364 g/mol. The third kappa shape index (κ3) is 4.64. The van der Waals surface area contributed by atoms with Gasteiger partial charge >= 0.3 is 0 Å². The van der Waals surface area contributed by atoms with Gasteiger partial charge in [0.2, 0.25) is 0 Å². The van der Waals surface area contributed by atoms with Crippen molar-refractivity contribution >= 4 is 23.0 Å². The zero-order chi connectivity index (χ0) is 19.4. The van der Waals surface area contributed by atoms with Crippen molar-refractivity contribution in [2.45, 2.75) is 13.8 Å². The molecule has 3 rings (SSSR count). The maximum Gasteiger partial charge on any atom is 0.255 e. The first-order valence-corrected chi connectivity index (χ1v) is 8.55. The molecule has 4 nitrogen and oxygen atoms in total. The van der Waals surface area contributed by atoms with Crippen LogP contribution in [0.25, 0.3) is 0 Å². The molecule has 0 saturated carbocycles. The number of ether oxygens (including phenoxy) is 1. The van der Waals surface area contributed by atoms with Gasteiger partial charge in [0.05, 0.1) is 12.8 Å². The summed E-state index contributed by atoms with van der Waals surface area (Å²) in [7, 11) is 1.58. The average Bonchev–Trinajstić information content (AvgIpc) is 2.62. The van der Waals surface area contributed by atoms with Crippen LogP contribution in [-0.4, -0.2) is 13.0 Å². The van der Waals surface area contributed by atoms with E-state index in [1.165, 1.54) is 24.3 Å². The molecule has 0 spiro atoms. The van der Waals surface area contributed by atoms with E-state index in [0.717, 1.165) is 16.8 Å². The summed E-state index contributed by atoms with van der Waals surface area (Å²) >= 11 is 0. The standard InChI is InChI=1S/C22H21FN2O2/c1-14-10-15(2)12-19(11-14)24-20-13-16(4-9-21(20)27-3)22(26)25-18-7-5-17(23)6-8-18/h4-13,24H,1-3H3,(H,25,26). The monoisotopic (exact) mass is 364 g/mol. The molecule has 0 aliphatic rings. The van der Waals surface area contributed by atoms with Gasteiger partial charge in [-0.2, -0.15) is 0 Å². The third-order valence-corrected chi connectivity index (χ3v) is 4.06. The second kappa shape index (κ2) is 7.91. The maximum atomic E-state index is 13.0. The lowest BCUT2D eigenvalue weighted by Gasteiger charge is -2.14. The number of hydrogen-bond acceptors (Lipinski definition) is 3. The summed E-state index contributed by atoms with van der Waals surface area (Å²) in [5.74, 6) is -0.00222. The van der Waals surface area contributed by atoms with E-state index >= 15 is 0 Å². The van der Waals surface area contributed by atoms with Gasteiger partial charge in [-0.15, -0.1) is 0 Å². The normalized spacial score (nSPS) is 10.4. The molecule has 0 bridgehead atoms. The topological polar surface area (TPSA) is 50.4 Å². The Morgan fingerprint density at radius 3 is 2.19 bits per heavy atom. The number of carbonyl (C=O) groups is 1. The Labute approximate surface area is 158 Å². The van der Waals surface area contributed by atoms with Gasteiger partial charge in [-0.05, 0) is 79.6 Å². The molecule has 27 heavy (non-hydrogen) atoms. The molecule has 0 unspecified atom stereocenters.